The van der Waals surface area contributed by atoms with Crippen LogP contribution in [0.25, 0.3) is 27.8 Å². The molecule has 0 saturated heterocycles. The smallest absolute Gasteiger partial charge is 0.257 e. The Balaban J connectivity index is 2.07. The van der Waals surface area contributed by atoms with Gasteiger partial charge in [-0.3, -0.25) is 4.79 Å². The summed E-state index contributed by atoms with van der Waals surface area (Å²) in [7, 11) is 0. The van der Waals surface area contributed by atoms with Gasteiger partial charge < -0.3 is 4.98 Å². The van der Waals surface area contributed by atoms with Gasteiger partial charge in [0, 0.05) is 28.8 Å². The van der Waals surface area contributed by atoms with Crippen molar-refractivity contribution in [3.63, 3.8) is 0 Å². The van der Waals surface area contributed by atoms with E-state index in [0.717, 1.165) is 11.1 Å². The molecule has 0 spiro atoms. The Morgan fingerprint density at radius 3 is 2.87 bits per heavy atom. The van der Waals surface area contributed by atoms with Gasteiger partial charge in [0.25, 0.3) is 5.56 Å². The van der Waals surface area contributed by atoms with Crippen LogP contribution in [0, 0.1) is 18.3 Å². The number of aromatic nitrogens is 4. The summed E-state index contributed by atoms with van der Waals surface area (Å²) >= 11 is 0. The van der Waals surface area contributed by atoms with Crippen molar-refractivity contribution in [3.8, 4) is 17.2 Å². The summed E-state index contributed by atoms with van der Waals surface area (Å²) in [5, 5.41) is 14.3. The second-order valence-corrected chi connectivity index (χ2v) is 5.29. The lowest BCUT2D eigenvalue weighted by Gasteiger charge is -2.06. The van der Waals surface area contributed by atoms with E-state index in [4.69, 9.17) is 0 Å². The standard InChI is InChI=1S/C17H11N5O/c1-10-6-15-19-9-12-7-14(13-5-3-2-4-11(13)8-18)17(23)20-16(12)22(15)21-10/h2-7,9H,1H3,(H,20,23). The number of hydrogen-bond donors (Lipinski definition) is 1. The third-order valence-electron chi connectivity index (χ3n) is 3.75. The number of benzene rings is 1. The zero-order valence-electron chi connectivity index (χ0n) is 12.2. The van der Waals surface area contributed by atoms with Gasteiger partial charge in [-0.25, -0.2) is 4.98 Å². The second kappa shape index (κ2) is 4.78. The number of aryl methyl sites for hydroxylation is 1. The second-order valence-electron chi connectivity index (χ2n) is 5.29. The lowest BCUT2D eigenvalue weighted by atomic mass is 10.0. The van der Waals surface area contributed by atoms with Crippen LogP contribution in [-0.2, 0) is 0 Å². The topological polar surface area (TPSA) is 86.8 Å². The lowest BCUT2D eigenvalue weighted by Crippen LogP contribution is -2.12. The van der Waals surface area contributed by atoms with E-state index >= 15 is 0 Å². The molecule has 0 radical (unpaired) electrons. The molecule has 4 rings (SSSR count). The molecule has 0 saturated carbocycles. The maximum Gasteiger partial charge on any atom is 0.257 e. The Morgan fingerprint density at radius 1 is 1.22 bits per heavy atom. The quantitative estimate of drug-likeness (QED) is 0.585. The highest BCUT2D eigenvalue weighted by Crippen LogP contribution is 2.22. The Hall–Kier alpha value is -3.46. The van der Waals surface area contributed by atoms with Crippen LogP contribution in [0.15, 0.2) is 47.4 Å². The predicted molar refractivity (Wildman–Crippen MR) is 86.0 cm³/mol. The van der Waals surface area contributed by atoms with Crippen molar-refractivity contribution in [1.82, 2.24) is 19.6 Å². The molecule has 0 aliphatic rings. The Bertz CT molecular complexity index is 1160. The van der Waals surface area contributed by atoms with Gasteiger partial charge in [0.2, 0.25) is 0 Å². The van der Waals surface area contributed by atoms with Gasteiger partial charge in [-0.05, 0) is 19.1 Å². The summed E-state index contributed by atoms with van der Waals surface area (Å²) in [6.07, 6.45) is 1.69. The van der Waals surface area contributed by atoms with Crippen LogP contribution in [0.2, 0.25) is 0 Å². The predicted octanol–water partition coefficient (Wildman–Crippen LogP) is 2.42. The van der Waals surface area contributed by atoms with E-state index in [9.17, 15) is 10.1 Å². The molecule has 4 aromatic rings. The summed E-state index contributed by atoms with van der Waals surface area (Å²) in [6, 6.07) is 12.7. The van der Waals surface area contributed by atoms with Crippen LogP contribution >= 0.6 is 0 Å². The van der Waals surface area contributed by atoms with Crippen LogP contribution in [0.5, 0.6) is 0 Å². The fourth-order valence-electron chi connectivity index (χ4n) is 2.70. The van der Waals surface area contributed by atoms with Crippen molar-refractivity contribution < 1.29 is 0 Å². The zero-order valence-corrected chi connectivity index (χ0v) is 12.2. The van der Waals surface area contributed by atoms with Crippen LogP contribution in [0.4, 0.5) is 0 Å². The van der Waals surface area contributed by atoms with Crippen molar-refractivity contribution in [3.05, 3.63) is 64.2 Å². The average molecular weight is 301 g/mol. The Morgan fingerprint density at radius 2 is 2.04 bits per heavy atom. The van der Waals surface area contributed by atoms with Crippen molar-refractivity contribution >= 4 is 16.7 Å². The van der Waals surface area contributed by atoms with Gasteiger partial charge in [-0.1, -0.05) is 18.2 Å². The highest BCUT2D eigenvalue weighted by atomic mass is 16.1. The van der Waals surface area contributed by atoms with Gasteiger partial charge in [-0.2, -0.15) is 14.9 Å². The third-order valence-corrected chi connectivity index (χ3v) is 3.75. The molecular formula is C17H11N5O. The van der Waals surface area contributed by atoms with E-state index in [2.05, 4.69) is 21.1 Å². The highest BCUT2D eigenvalue weighted by Gasteiger charge is 2.12. The molecule has 0 aliphatic heterocycles. The first-order valence-corrected chi connectivity index (χ1v) is 7.05. The van der Waals surface area contributed by atoms with E-state index in [1.807, 2.05) is 13.0 Å². The zero-order chi connectivity index (χ0) is 16.0. The molecule has 23 heavy (non-hydrogen) atoms. The maximum atomic E-state index is 12.5. The van der Waals surface area contributed by atoms with Crippen molar-refractivity contribution in [2.75, 3.05) is 0 Å². The maximum absolute atomic E-state index is 12.5. The van der Waals surface area contributed by atoms with E-state index in [1.165, 1.54) is 0 Å². The fraction of sp³-hybridized carbons (Fsp3) is 0.0588. The first-order valence-electron chi connectivity index (χ1n) is 7.05. The number of hydrogen-bond acceptors (Lipinski definition) is 4. The summed E-state index contributed by atoms with van der Waals surface area (Å²) in [6.45, 7) is 1.87. The molecule has 0 fully saturated rings. The summed E-state index contributed by atoms with van der Waals surface area (Å²) in [4.78, 5) is 19.7. The third kappa shape index (κ3) is 1.99. The van der Waals surface area contributed by atoms with Crippen LogP contribution in [0.1, 0.15) is 11.3 Å². The SMILES string of the molecule is Cc1cc2ncc3cc(-c4ccccc4C#N)c(=O)[nH]c3n2n1. The molecule has 6 heteroatoms. The van der Waals surface area contributed by atoms with Gasteiger partial charge in [0.15, 0.2) is 5.65 Å². The normalized spacial score (nSPS) is 11.0. The summed E-state index contributed by atoms with van der Waals surface area (Å²) in [5.41, 5.74) is 3.34. The Kier molecular flexibility index (Phi) is 2.75. The Labute approximate surface area is 130 Å². The largest absolute Gasteiger partial charge is 0.306 e. The van der Waals surface area contributed by atoms with Crippen molar-refractivity contribution in [2.24, 2.45) is 0 Å². The minimum Gasteiger partial charge on any atom is -0.306 e. The molecule has 0 bridgehead atoms. The molecular weight excluding hydrogens is 290 g/mol. The number of aromatic amines is 1. The van der Waals surface area contributed by atoms with E-state index < -0.39 is 0 Å². The van der Waals surface area contributed by atoms with E-state index in [0.29, 0.717) is 28.0 Å². The molecule has 0 aliphatic carbocycles. The number of H-pyrrole nitrogens is 1. The van der Waals surface area contributed by atoms with Crippen molar-refractivity contribution in [1.29, 1.82) is 5.26 Å². The number of pyridine rings is 1. The molecule has 3 heterocycles. The van der Waals surface area contributed by atoms with Crippen LogP contribution < -0.4 is 5.56 Å². The van der Waals surface area contributed by atoms with Crippen LogP contribution in [0.3, 0.4) is 0 Å². The summed E-state index contributed by atoms with van der Waals surface area (Å²) in [5.74, 6) is 0. The average Bonchev–Trinajstić information content (AvgIpc) is 2.95. The molecule has 1 N–H and O–H groups in total. The first kappa shape index (κ1) is 13.2. The van der Waals surface area contributed by atoms with Crippen LogP contribution in [-0.4, -0.2) is 19.6 Å². The molecule has 0 atom stereocenters. The molecule has 1 aromatic carbocycles. The fourth-order valence-corrected chi connectivity index (χ4v) is 2.70. The molecule has 0 amide bonds. The van der Waals surface area contributed by atoms with E-state index in [1.54, 1.807) is 41.0 Å². The molecule has 0 unspecified atom stereocenters. The van der Waals surface area contributed by atoms with Gasteiger partial charge in [-0.15, -0.1) is 0 Å². The number of nitrogens with one attached hydrogen (secondary N) is 1. The van der Waals surface area contributed by atoms with E-state index in [-0.39, 0.29) is 5.56 Å². The van der Waals surface area contributed by atoms with Gasteiger partial charge in [0.05, 0.1) is 17.3 Å². The number of rotatable bonds is 1. The number of nitriles is 1. The first-order chi connectivity index (χ1) is 11.2. The number of nitrogens with zero attached hydrogens (tertiary/aromatic N) is 4. The number of fused-ring (bicyclic) bond motifs is 3. The molecule has 3 aromatic heterocycles. The minimum atomic E-state index is -0.263. The highest BCUT2D eigenvalue weighted by molar-refractivity contribution is 5.83. The summed E-state index contributed by atoms with van der Waals surface area (Å²) < 4.78 is 1.62. The van der Waals surface area contributed by atoms with Gasteiger partial charge in [0.1, 0.15) is 5.65 Å². The molecule has 6 nitrogen and oxygen atoms in total. The van der Waals surface area contributed by atoms with Gasteiger partial charge >= 0.3 is 0 Å². The minimum absolute atomic E-state index is 0.263. The van der Waals surface area contributed by atoms with Crippen molar-refractivity contribution in [2.45, 2.75) is 6.92 Å². The molecule has 110 valence electrons. The lowest BCUT2D eigenvalue weighted by molar-refractivity contribution is 0.936. The monoisotopic (exact) mass is 301 g/mol.